The van der Waals surface area contributed by atoms with E-state index in [1.54, 1.807) is 0 Å². The molecule has 0 aromatic heterocycles. The Bertz CT molecular complexity index is 741. The van der Waals surface area contributed by atoms with Crippen LogP contribution in [0.3, 0.4) is 0 Å². The molecule has 2 unspecified atom stereocenters. The zero-order chi connectivity index (χ0) is 27.5. The largest absolute Gasteiger partial charge is 0.546 e. The Morgan fingerprint density at radius 3 is 0.971 bits per heavy atom. The maximum atomic E-state index is 13.7. The average molecular weight is 563 g/mol. The van der Waals surface area contributed by atoms with E-state index in [1.807, 2.05) is 0 Å². The molecule has 0 aromatic rings. The number of hydrogen-bond acceptors (Lipinski definition) is 4. The third-order valence-corrected chi connectivity index (χ3v) is 3.11. The van der Waals surface area contributed by atoms with E-state index < -0.39 is 60.3 Å². The highest BCUT2D eigenvalue weighted by Crippen LogP contribution is 2.59. The lowest BCUT2D eigenvalue weighted by atomic mass is 10.0. The molecule has 206 valence electrons. The molecular formula is C10H4F19NO4. The molecule has 0 amide bonds. The predicted octanol–water partition coefficient (Wildman–Crippen LogP) is 4.62. The fraction of sp³-hybridized carbons (Fsp3) is 0.900. The molecule has 0 rings (SSSR count). The topological polar surface area (TPSA) is 95.1 Å². The van der Waals surface area contributed by atoms with Crippen molar-refractivity contribution >= 4 is 5.97 Å². The lowest BCUT2D eigenvalue weighted by Gasteiger charge is -2.42. The number of hydrogen-bond donors (Lipinski definition) is 1. The van der Waals surface area contributed by atoms with E-state index in [2.05, 4.69) is 0 Å². The summed E-state index contributed by atoms with van der Waals surface area (Å²) in [6.07, 6.45) is -56.1. The molecule has 0 saturated carbocycles. The number of aliphatic carboxylic acids is 1. The SMILES string of the molecule is O=C([O-])C(F)(C(F)(F)F)C(F)(F)OC(F)(F)C(F)(C(F)(F)F)C(F)(F)OC(F)(F)C(F)(F)F.[NH4+]. The van der Waals surface area contributed by atoms with E-state index in [0.717, 1.165) is 9.47 Å². The molecule has 0 radical (unpaired) electrons. The fourth-order valence-electron chi connectivity index (χ4n) is 1.49. The zero-order valence-electron chi connectivity index (χ0n) is 14.8. The minimum absolute atomic E-state index is 0. The van der Waals surface area contributed by atoms with Crippen LogP contribution in [0.1, 0.15) is 0 Å². The van der Waals surface area contributed by atoms with Gasteiger partial charge in [0.1, 0.15) is 0 Å². The van der Waals surface area contributed by atoms with Gasteiger partial charge in [-0.3, -0.25) is 0 Å². The minimum Gasteiger partial charge on any atom is -0.546 e. The quantitative estimate of drug-likeness (QED) is 0.437. The standard InChI is InChI=1S/C10HF19O4.H3N/c11-2(1(30)31,4(13,14)15)7(22,23)32-8(24,25)3(12,5(16,17)18)9(26,27)33-10(28,29)6(19,20)21;/h(H,30,31);1H3. The van der Waals surface area contributed by atoms with E-state index in [1.165, 1.54) is 0 Å². The van der Waals surface area contributed by atoms with Crippen molar-refractivity contribution in [3.8, 4) is 0 Å². The highest BCUT2D eigenvalue weighted by atomic mass is 19.4. The van der Waals surface area contributed by atoms with Crippen LogP contribution in [0.25, 0.3) is 0 Å². The number of carboxylic acid groups (broad SMARTS) is 1. The van der Waals surface area contributed by atoms with Crippen molar-refractivity contribution < 1.29 is 103 Å². The van der Waals surface area contributed by atoms with Gasteiger partial charge in [0.05, 0.1) is 5.97 Å². The van der Waals surface area contributed by atoms with Gasteiger partial charge in [-0.1, -0.05) is 0 Å². The molecule has 34 heavy (non-hydrogen) atoms. The van der Waals surface area contributed by atoms with E-state index in [0.29, 0.717) is 0 Å². The molecule has 0 saturated heterocycles. The number of carboxylic acids is 1. The zero-order valence-corrected chi connectivity index (χ0v) is 14.8. The molecule has 0 aliphatic rings. The van der Waals surface area contributed by atoms with Crippen LogP contribution in [-0.4, -0.2) is 60.3 Å². The molecule has 2 atom stereocenters. The predicted molar refractivity (Wildman–Crippen MR) is 58.8 cm³/mol. The van der Waals surface area contributed by atoms with Crippen LogP contribution in [0, 0.1) is 0 Å². The van der Waals surface area contributed by atoms with E-state index >= 15 is 0 Å². The maximum Gasteiger partial charge on any atom is 0.483 e. The molecule has 0 bridgehead atoms. The second-order valence-electron chi connectivity index (χ2n) is 5.37. The molecule has 0 aliphatic carbocycles. The van der Waals surface area contributed by atoms with Gasteiger partial charge in [-0.25, -0.2) is 18.3 Å². The first-order chi connectivity index (χ1) is 13.9. The van der Waals surface area contributed by atoms with E-state index in [9.17, 15) is 93.3 Å². The second-order valence-corrected chi connectivity index (χ2v) is 5.37. The van der Waals surface area contributed by atoms with E-state index in [4.69, 9.17) is 0 Å². The van der Waals surface area contributed by atoms with Gasteiger partial charge in [0, 0.05) is 0 Å². The Kier molecular flexibility index (Phi) is 8.65. The summed E-state index contributed by atoms with van der Waals surface area (Å²) in [5.41, 5.74) is -16.3. The lowest BCUT2D eigenvalue weighted by molar-refractivity contribution is -0.546. The number of ether oxygens (including phenoxy) is 2. The molecule has 24 heteroatoms. The summed E-state index contributed by atoms with van der Waals surface area (Å²) in [6.45, 7) is 0. The van der Waals surface area contributed by atoms with Gasteiger partial charge in [0.2, 0.25) is 0 Å². The van der Waals surface area contributed by atoms with Gasteiger partial charge >= 0.3 is 54.3 Å². The summed E-state index contributed by atoms with van der Waals surface area (Å²) in [5.74, 6) is -4.83. The molecule has 0 aromatic carbocycles. The first-order valence-corrected chi connectivity index (χ1v) is 6.57. The molecule has 4 N–H and O–H groups in total. The fourth-order valence-corrected chi connectivity index (χ4v) is 1.49. The molecule has 0 heterocycles. The number of alkyl halides is 19. The first kappa shape index (κ1) is 34.2. The minimum atomic E-state index is -8.68. The van der Waals surface area contributed by atoms with Crippen molar-refractivity contribution in [1.29, 1.82) is 0 Å². The Morgan fingerprint density at radius 2 is 0.765 bits per heavy atom. The van der Waals surface area contributed by atoms with Gasteiger partial charge in [-0.15, -0.1) is 0 Å². The number of carbonyl (C=O) groups excluding carboxylic acids is 1. The summed E-state index contributed by atoms with van der Waals surface area (Å²) >= 11 is 0. The third kappa shape index (κ3) is 5.16. The van der Waals surface area contributed by atoms with Gasteiger partial charge < -0.3 is 16.1 Å². The Balaban J connectivity index is 0. The van der Waals surface area contributed by atoms with Crippen LogP contribution in [-0.2, 0) is 14.3 Å². The number of quaternary nitrogens is 1. The Morgan fingerprint density at radius 1 is 0.471 bits per heavy atom. The summed E-state index contributed by atoms with van der Waals surface area (Å²) in [7, 11) is 0. The van der Waals surface area contributed by atoms with Crippen molar-refractivity contribution in [1.82, 2.24) is 6.15 Å². The van der Waals surface area contributed by atoms with Crippen LogP contribution in [0.4, 0.5) is 83.4 Å². The monoisotopic (exact) mass is 563 g/mol. The molecule has 5 nitrogen and oxygen atoms in total. The second kappa shape index (κ2) is 8.60. The van der Waals surface area contributed by atoms with Crippen LogP contribution in [0.15, 0.2) is 0 Å². The van der Waals surface area contributed by atoms with Crippen molar-refractivity contribution in [2.75, 3.05) is 0 Å². The lowest BCUT2D eigenvalue weighted by Crippen LogP contribution is -2.73. The molecule has 0 aliphatic heterocycles. The Hall–Kier alpha value is -1.98. The number of rotatable bonds is 8. The Labute approximate surface area is 170 Å². The first-order valence-electron chi connectivity index (χ1n) is 6.57. The smallest absolute Gasteiger partial charge is 0.483 e. The van der Waals surface area contributed by atoms with E-state index in [-0.39, 0.29) is 6.15 Å². The maximum absolute atomic E-state index is 13.7. The van der Waals surface area contributed by atoms with Crippen LogP contribution in [0.2, 0.25) is 0 Å². The van der Waals surface area contributed by atoms with Gasteiger partial charge in [-0.05, 0) is 0 Å². The van der Waals surface area contributed by atoms with Crippen molar-refractivity contribution in [3.05, 3.63) is 0 Å². The highest BCUT2D eigenvalue weighted by molar-refractivity contribution is 5.77. The molecule has 0 fully saturated rings. The number of halogens is 19. The molecular weight excluding hydrogens is 559 g/mol. The highest BCUT2D eigenvalue weighted by Gasteiger charge is 2.90. The van der Waals surface area contributed by atoms with Crippen LogP contribution in [0.5, 0.6) is 0 Å². The van der Waals surface area contributed by atoms with Crippen LogP contribution < -0.4 is 11.3 Å². The average Bonchev–Trinajstić information content (AvgIpc) is 2.46. The summed E-state index contributed by atoms with van der Waals surface area (Å²) < 4.78 is 243. The third-order valence-electron chi connectivity index (χ3n) is 3.11. The van der Waals surface area contributed by atoms with Gasteiger partial charge in [0.15, 0.2) is 0 Å². The van der Waals surface area contributed by atoms with Crippen LogP contribution >= 0.6 is 0 Å². The van der Waals surface area contributed by atoms with Crippen molar-refractivity contribution in [3.63, 3.8) is 0 Å². The molecule has 0 spiro atoms. The summed E-state index contributed by atoms with van der Waals surface area (Å²) in [4.78, 5) is 10.0. The van der Waals surface area contributed by atoms with Gasteiger partial charge in [0.25, 0.3) is 0 Å². The van der Waals surface area contributed by atoms with Gasteiger partial charge in [-0.2, -0.15) is 74.6 Å². The van der Waals surface area contributed by atoms with Crippen molar-refractivity contribution in [2.24, 2.45) is 0 Å². The summed E-state index contributed by atoms with van der Waals surface area (Å²) in [6, 6.07) is 0. The van der Waals surface area contributed by atoms with Crippen molar-refractivity contribution in [2.45, 2.75) is 54.3 Å². The summed E-state index contributed by atoms with van der Waals surface area (Å²) in [5, 5.41) is 10.0. The number of carbonyl (C=O) groups is 1. The normalized spacial score (nSPS) is 18.6.